The molecule has 0 saturated carbocycles. The van der Waals surface area contributed by atoms with Gasteiger partial charge in [0.1, 0.15) is 17.3 Å². The van der Waals surface area contributed by atoms with Crippen LogP contribution in [0.5, 0.6) is 17.5 Å². The first kappa shape index (κ1) is 19.7. The Hall–Kier alpha value is -3.60. The monoisotopic (exact) mass is 432 g/mol. The van der Waals surface area contributed by atoms with Gasteiger partial charge in [0.2, 0.25) is 0 Å². The van der Waals surface area contributed by atoms with Crippen LogP contribution in [-0.2, 0) is 9.84 Å². The zero-order chi connectivity index (χ0) is 21.5. The number of sulfone groups is 1. The fourth-order valence-corrected chi connectivity index (χ4v) is 3.45. The lowest BCUT2D eigenvalue weighted by Crippen LogP contribution is -1.99. The van der Waals surface area contributed by atoms with Crippen molar-refractivity contribution in [2.75, 3.05) is 13.4 Å². The first-order valence-corrected chi connectivity index (χ1v) is 10.4. The molecule has 0 radical (unpaired) electrons. The van der Waals surface area contributed by atoms with E-state index in [-0.39, 0.29) is 22.3 Å². The van der Waals surface area contributed by atoms with Gasteiger partial charge in [-0.05, 0) is 30.3 Å². The Morgan fingerprint density at radius 3 is 2.53 bits per heavy atom. The van der Waals surface area contributed by atoms with Crippen molar-refractivity contribution < 1.29 is 26.7 Å². The molecule has 0 amide bonds. The molecule has 0 aliphatic rings. The molecule has 0 saturated heterocycles. The number of hydrogen-bond acceptors (Lipinski definition) is 7. The Balaban J connectivity index is 1.76. The summed E-state index contributed by atoms with van der Waals surface area (Å²) in [6.45, 7) is 0. The maximum absolute atomic E-state index is 13.8. The summed E-state index contributed by atoms with van der Waals surface area (Å²) in [6.07, 6.45) is 2.49. The summed E-state index contributed by atoms with van der Waals surface area (Å²) in [5.74, 6) is -1.46. The summed E-state index contributed by atoms with van der Waals surface area (Å²) < 4.78 is 61.3. The van der Waals surface area contributed by atoms with Gasteiger partial charge in [0.25, 0.3) is 0 Å². The highest BCUT2D eigenvalue weighted by atomic mass is 32.2. The average molecular weight is 432 g/mol. The van der Waals surface area contributed by atoms with Crippen molar-refractivity contribution in [1.29, 1.82) is 0 Å². The van der Waals surface area contributed by atoms with E-state index in [1.54, 1.807) is 0 Å². The van der Waals surface area contributed by atoms with Crippen LogP contribution in [0.4, 0.5) is 8.78 Å². The number of nitrogens with zero attached hydrogens (tertiary/aromatic N) is 3. The molecule has 8 nitrogen and oxygen atoms in total. The van der Waals surface area contributed by atoms with Gasteiger partial charge in [-0.15, -0.1) is 0 Å². The van der Waals surface area contributed by atoms with Gasteiger partial charge in [-0.1, -0.05) is 0 Å². The Morgan fingerprint density at radius 1 is 1.07 bits per heavy atom. The molecule has 30 heavy (non-hydrogen) atoms. The van der Waals surface area contributed by atoms with Gasteiger partial charge in [0.05, 0.1) is 17.4 Å². The molecule has 4 rings (SSSR count). The number of rotatable bonds is 5. The molecule has 2 heterocycles. The number of halogens is 2. The second kappa shape index (κ2) is 7.34. The minimum absolute atomic E-state index is 0.0992. The molecule has 0 aliphatic heterocycles. The number of methoxy groups -OCH3 is 1. The molecule has 2 aromatic heterocycles. The fourth-order valence-electron chi connectivity index (χ4n) is 2.81. The Morgan fingerprint density at radius 2 is 1.83 bits per heavy atom. The van der Waals surface area contributed by atoms with Crippen LogP contribution in [0.1, 0.15) is 0 Å². The van der Waals surface area contributed by atoms with E-state index in [0.717, 1.165) is 18.4 Å². The first-order valence-electron chi connectivity index (χ1n) is 8.49. The van der Waals surface area contributed by atoms with Gasteiger partial charge in [-0.2, -0.15) is 10.1 Å². The van der Waals surface area contributed by atoms with Gasteiger partial charge in [-0.3, -0.25) is 5.10 Å². The summed E-state index contributed by atoms with van der Waals surface area (Å²) in [7, 11) is -2.00. The van der Waals surface area contributed by atoms with Gasteiger partial charge in [0, 0.05) is 24.1 Å². The highest BCUT2D eigenvalue weighted by molar-refractivity contribution is 7.90. The van der Waals surface area contributed by atoms with Crippen molar-refractivity contribution >= 4 is 20.9 Å². The molecule has 11 heteroatoms. The topological polar surface area (TPSA) is 107 Å². The van der Waals surface area contributed by atoms with E-state index >= 15 is 0 Å². The van der Waals surface area contributed by atoms with E-state index < -0.39 is 21.5 Å². The third-order valence-corrected chi connectivity index (χ3v) is 5.36. The number of nitrogens with one attached hydrogen (secondary N) is 1. The van der Waals surface area contributed by atoms with Crippen molar-refractivity contribution in [3.8, 4) is 28.8 Å². The van der Waals surface area contributed by atoms with Gasteiger partial charge >= 0.3 is 6.01 Å². The zero-order valence-electron chi connectivity index (χ0n) is 15.7. The quantitative estimate of drug-likeness (QED) is 0.514. The van der Waals surface area contributed by atoms with Crippen LogP contribution in [0.25, 0.3) is 22.3 Å². The minimum Gasteiger partial charge on any atom is -0.496 e. The van der Waals surface area contributed by atoms with Crippen LogP contribution in [0.2, 0.25) is 0 Å². The number of hydrogen-bond donors (Lipinski definition) is 1. The Labute approximate surface area is 169 Å². The van der Waals surface area contributed by atoms with Crippen molar-refractivity contribution in [1.82, 2.24) is 20.2 Å². The minimum atomic E-state index is -3.45. The normalized spacial score (nSPS) is 11.6. The molecule has 0 spiro atoms. The second-order valence-electron chi connectivity index (χ2n) is 6.30. The van der Waals surface area contributed by atoms with E-state index in [4.69, 9.17) is 9.47 Å². The van der Waals surface area contributed by atoms with Crippen molar-refractivity contribution in [3.05, 3.63) is 54.2 Å². The maximum Gasteiger partial charge on any atom is 0.324 e. The highest BCUT2D eigenvalue weighted by Crippen LogP contribution is 2.35. The summed E-state index contributed by atoms with van der Waals surface area (Å²) in [4.78, 5) is 8.27. The largest absolute Gasteiger partial charge is 0.496 e. The molecule has 0 fully saturated rings. The van der Waals surface area contributed by atoms with Crippen LogP contribution in [-0.4, -0.2) is 41.9 Å². The number of ether oxygens (including phenoxy) is 2. The first-order chi connectivity index (χ1) is 14.3. The highest BCUT2D eigenvalue weighted by Gasteiger charge is 2.19. The van der Waals surface area contributed by atoms with E-state index in [1.807, 2.05) is 0 Å². The average Bonchev–Trinajstić information content (AvgIpc) is 3.12. The van der Waals surface area contributed by atoms with Crippen LogP contribution in [0, 0.1) is 11.6 Å². The zero-order valence-corrected chi connectivity index (χ0v) is 16.5. The summed E-state index contributed by atoms with van der Waals surface area (Å²) in [6, 6.07) is 7.09. The van der Waals surface area contributed by atoms with Crippen LogP contribution in [0.15, 0.2) is 47.5 Å². The summed E-state index contributed by atoms with van der Waals surface area (Å²) >= 11 is 0. The molecule has 1 N–H and O–H groups in total. The third-order valence-electron chi connectivity index (χ3n) is 4.24. The lowest BCUT2D eigenvalue weighted by atomic mass is 10.1. The van der Waals surface area contributed by atoms with Crippen LogP contribution >= 0.6 is 0 Å². The van der Waals surface area contributed by atoms with E-state index in [1.165, 1.54) is 31.5 Å². The third kappa shape index (κ3) is 3.66. The molecule has 4 aromatic rings. The van der Waals surface area contributed by atoms with Gasteiger partial charge in [0.15, 0.2) is 27.1 Å². The fraction of sp³-hybridized carbons (Fsp3) is 0.105. The lowest BCUT2D eigenvalue weighted by Gasteiger charge is -2.09. The molecule has 0 unspecified atom stereocenters. The predicted molar refractivity (Wildman–Crippen MR) is 103 cm³/mol. The second-order valence-corrected chi connectivity index (χ2v) is 8.31. The Kier molecular flexibility index (Phi) is 4.82. The summed E-state index contributed by atoms with van der Waals surface area (Å²) in [5.41, 5.74) is 1.06. The number of fused-ring (bicyclic) bond motifs is 1. The molecular formula is C19H14F2N4O4S. The molecule has 0 aliphatic carbocycles. The molecule has 0 atom stereocenters. The maximum atomic E-state index is 13.8. The van der Waals surface area contributed by atoms with Crippen molar-refractivity contribution in [3.63, 3.8) is 0 Å². The smallest absolute Gasteiger partial charge is 0.324 e. The number of aromatic amines is 1. The van der Waals surface area contributed by atoms with Gasteiger partial charge in [-0.25, -0.2) is 22.2 Å². The molecule has 2 aromatic carbocycles. The van der Waals surface area contributed by atoms with E-state index in [0.29, 0.717) is 28.5 Å². The van der Waals surface area contributed by atoms with Gasteiger partial charge < -0.3 is 9.47 Å². The molecular weight excluding hydrogens is 418 g/mol. The van der Waals surface area contributed by atoms with E-state index in [9.17, 15) is 17.2 Å². The molecule has 154 valence electrons. The predicted octanol–water partition coefficient (Wildman–Crippen LogP) is 3.50. The number of aromatic nitrogens is 4. The van der Waals surface area contributed by atoms with E-state index in [2.05, 4.69) is 20.2 Å². The summed E-state index contributed by atoms with van der Waals surface area (Å²) in [5, 5.41) is 7.36. The number of benzene rings is 2. The molecule has 0 bridgehead atoms. The van der Waals surface area contributed by atoms with Crippen LogP contribution in [0.3, 0.4) is 0 Å². The van der Waals surface area contributed by atoms with Crippen molar-refractivity contribution in [2.24, 2.45) is 0 Å². The SMILES string of the molecule is COc1ccc(S(C)(=O)=O)cc1-c1n[nH]c2nc(Oc3ccc(F)cc3F)ncc12. The van der Waals surface area contributed by atoms with Crippen LogP contribution < -0.4 is 9.47 Å². The van der Waals surface area contributed by atoms with Crippen molar-refractivity contribution in [2.45, 2.75) is 4.90 Å². The lowest BCUT2D eigenvalue weighted by molar-refractivity contribution is 0.409. The Bertz CT molecular complexity index is 1370. The standard InChI is InChI=1S/C19H14F2N4O4S/c1-28-15-6-4-11(30(2,26)27)8-12(15)17-13-9-22-19(23-18(13)25-24-17)29-16-5-3-10(20)7-14(16)21/h3-9H,1-2H3,(H,22,23,24,25). The number of H-pyrrole nitrogens is 1.